The first-order valence-electron chi connectivity index (χ1n) is 10.2. The lowest BCUT2D eigenvalue weighted by atomic mass is 9.68. The van der Waals surface area contributed by atoms with Crippen molar-refractivity contribution < 1.29 is 14.3 Å². The largest absolute Gasteiger partial charge is 0.476 e. The van der Waals surface area contributed by atoms with Gasteiger partial charge < -0.3 is 14.8 Å². The molecule has 7 nitrogen and oxygen atoms in total. The Morgan fingerprint density at radius 2 is 2.07 bits per heavy atom. The van der Waals surface area contributed by atoms with Crippen LogP contribution in [0.15, 0.2) is 10.9 Å². The summed E-state index contributed by atoms with van der Waals surface area (Å²) in [6, 6.07) is 1.50. The highest BCUT2D eigenvalue weighted by Gasteiger charge is 2.31. The second-order valence-corrected chi connectivity index (χ2v) is 8.05. The SMILES string of the molecule is CCC(C)Oc1cc(OCC(=O)NCC2CC3CCCC(C3)C2)nc(=O)[nH]1. The highest BCUT2D eigenvalue weighted by atomic mass is 16.5. The van der Waals surface area contributed by atoms with Crippen molar-refractivity contribution in [1.82, 2.24) is 15.3 Å². The van der Waals surface area contributed by atoms with Gasteiger partial charge in [0, 0.05) is 6.54 Å². The highest BCUT2D eigenvalue weighted by molar-refractivity contribution is 5.77. The topological polar surface area (TPSA) is 93.3 Å². The summed E-state index contributed by atoms with van der Waals surface area (Å²) in [6.45, 7) is 4.45. The molecular weight excluding hydrogens is 346 g/mol. The molecule has 0 spiro atoms. The molecule has 2 bridgehead atoms. The van der Waals surface area contributed by atoms with Gasteiger partial charge in [0.2, 0.25) is 11.8 Å². The number of carbonyl (C=O) groups excluding carboxylic acids is 1. The molecule has 3 atom stereocenters. The Hall–Kier alpha value is -2.05. The molecule has 0 aromatic carbocycles. The van der Waals surface area contributed by atoms with E-state index in [-0.39, 0.29) is 24.5 Å². The van der Waals surface area contributed by atoms with Gasteiger partial charge in [0.25, 0.3) is 5.91 Å². The van der Waals surface area contributed by atoms with Crippen LogP contribution in [0, 0.1) is 17.8 Å². The Balaban J connectivity index is 1.44. The molecule has 3 unspecified atom stereocenters. The predicted octanol–water partition coefficient (Wildman–Crippen LogP) is 2.66. The number of nitrogens with one attached hydrogen (secondary N) is 2. The molecule has 1 aromatic rings. The maximum atomic E-state index is 12.1. The fourth-order valence-electron chi connectivity index (χ4n) is 4.34. The van der Waals surface area contributed by atoms with E-state index >= 15 is 0 Å². The molecule has 0 saturated heterocycles. The van der Waals surface area contributed by atoms with E-state index < -0.39 is 5.69 Å². The van der Waals surface area contributed by atoms with Crippen molar-refractivity contribution in [2.24, 2.45) is 17.8 Å². The van der Waals surface area contributed by atoms with Gasteiger partial charge in [-0.05, 0) is 50.4 Å². The zero-order valence-corrected chi connectivity index (χ0v) is 16.3. The lowest BCUT2D eigenvalue weighted by Gasteiger charge is -2.39. The lowest BCUT2D eigenvalue weighted by molar-refractivity contribution is -0.123. The number of ether oxygens (including phenoxy) is 2. The zero-order valence-electron chi connectivity index (χ0n) is 16.3. The molecular formula is C20H31N3O4. The quantitative estimate of drug-likeness (QED) is 0.726. The molecule has 0 radical (unpaired) electrons. The smallest absolute Gasteiger partial charge is 0.351 e. The van der Waals surface area contributed by atoms with Crippen molar-refractivity contribution >= 4 is 5.91 Å². The fourth-order valence-corrected chi connectivity index (χ4v) is 4.34. The van der Waals surface area contributed by atoms with E-state index in [9.17, 15) is 9.59 Å². The summed E-state index contributed by atoms with van der Waals surface area (Å²) in [7, 11) is 0. The molecule has 2 aliphatic carbocycles. The van der Waals surface area contributed by atoms with Crippen LogP contribution in [0.3, 0.4) is 0 Å². The van der Waals surface area contributed by atoms with Crippen LogP contribution in [-0.2, 0) is 4.79 Å². The molecule has 7 heteroatoms. The van der Waals surface area contributed by atoms with Gasteiger partial charge in [0.05, 0.1) is 12.2 Å². The molecule has 0 aliphatic heterocycles. The summed E-state index contributed by atoms with van der Waals surface area (Å²) in [5.74, 6) is 2.48. The molecule has 2 N–H and O–H groups in total. The Kier molecular flexibility index (Phi) is 6.74. The Morgan fingerprint density at radius 1 is 1.33 bits per heavy atom. The van der Waals surface area contributed by atoms with Crippen molar-refractivity contribution in [1.29, 1.82) is 0 Å². The van der Waals surface area contributed by atoms with Crippen molar-refractivity contribution in [2.75, 3.05) is 13.2 Å². The van der Waals surface area contributed by atoms with E-state index in [1.54, 1.807) is 0 Å². The summed E-state index contributed by atoms with van der Waals surface area (Å²) < 4.78 is 11.0. The van der Waals surface area contributed by atoms with Crippen LogP contribution in [0.1, 0.15) is 58.8 Å². The summed E-state index contributed by atoms with van der Waals surface area (Å²) in [5.41, 5.74) is -0.556. The first-order chi connectivity index (χ1) is 13.0. The van der Waals surface area contributed by atoms with Gasteiger partial charge in [-0.3, -0.25) is 9.78 Å². The van der Waals surface area contributed by atoms with Gasteiger partial charge in [-0.15, -0.1) is 0 Å². The van der Waals surface area contributed by atoms with Gasteiger partial charge in [-0.1, -0.05) is 26.2 Å². The van der Waals surface area contributed by atoms with E-state index in [0.717, 1.165) is 18.3 Å². The standard InChI is InChI=1S/C20H31N3O4/c1-3-13(2)27-19-10-18(22-20(25)23-19)26-12-17(24)21-11-16-8-14-5-4-6-15(7-14)9-16/h10,13-16H,3-9,11-12H2,1-2H3,(H,21,24)(H,22,23,25). The molecule has 1 aromatic heterocycles. The minimum Gasteiger partial charge on any atom is -0.476 e. The number of carbonyl (C=O) groups is 1. The first-order valence-corrected chi connectivity index (χ1v) is 10.2. The van der Waals surface area contributed by atoms with Crippen LogP contribution in [0.4, 0.5) is 0 Å². The number of aromatic amines is 1. The summed E-state index contributed by atoms with van der Waals surface area (Å²) in [4.78, 5) is 30.0. The van der Waals surface area contributed by atoms with Crippen LogP contribution in [0.5, 0.6) is 11.8 Å². The Labute approximate surface area is 160 Å². The van der Waals surface area contributed by atoms with E-state index in [0.29, 0.717) is 18.3 Å². The number of nitrogens with zero attached hydrogens (tertiary/aromatic N) is 1. The van der Waals surface area contributed by atoms with Crippen molar-refractivity contribution in [3.8, 4) is 11.8 Å². The minimum absolute atomic E-state index is 0.0332. The van der Waals surface area contributed by atoms with Crippen LogP contribution in [-0.4, -0.2) is 35.1 Å². The van der Waals surface area contributed by atoms with Crippen molar-refractivity contribution in [3.63, 3.8) is 0 Å². The second kappa shape index (κ2) is 9.24. The second-order valence-electron chi connectivity index (χ2n) is 8.05. The third-order valence-electron chi connectivity index (χ3n) is 5.76. The normalized spacial score (nSPS) is 25.5. The minimum atomic E-state index is -0.556. The molecule has 2 aliphatic rings. The van der Waals surface area contributed by atoms with Crippen LogP contribution in [0.25, 0.3) is 0 Å². The number of H-pyrrole nitrogens is 1. The summed E-state index contributed by atoms with van der Waals surface area (Å²) in [6.07, 6.45) is 8.67. The molecule has 2 saturated carbocycles. The van der Waals surface area contributed by atoms with Crippen LogP contribution < -0.4 is 20.5 Å². The zero-order chi connectivity index (χ0) is 19.2. The third kappa shape index (κ3) is 5.97. The predicted molar refractivity (Wildman–Crippen MR) is 102 cm³/mol. The first kappa shape index (κ1) is 19.7. The van der Waals surface area contributed by atoms with Gasteiger partial charge in [-0.25, -0.2) is 4.79 Å². The lowest BCUT2D eigenvalue weighted by Crippen LogP contribution is -2.37. The van der Waals surface area contributed by atoms with E-state index in [1.807, 2.05) is 13.8 Å². The van der Waals surface area contributed by atoms with Crippen molar-refractivity contribution in [2.45, 2.75) is 64.9 Å². The molecule has 1 amide bonds. The maximum Gasteiger partial charge on any atom is 0.351 e. The summed E-state index contributed by atoms with van der Waals surface area (Å²) in [5, 5.41) is 2.97. The number of aromatic nitrogens is 2. The number of amides is 1. The number of hydrogen-bond donors (Lipinski definition) is 2. The Morgan fingerprint density at radius 3 is 2.78 bits per heavy atom. The fraction of sp³-hybridized carbons (Fsp3) is 0.750. The average Bonchev–Trinajstić information content (AvgIpc) is 2.64. The van der Waals surface area contributed by atoms with Gasteiger partial charge in [0.1, 0.15) is 0 Å². The van der Waals surface area contributed by atoms with Crippen LogP contribution >= 0.6 is 0 Å². The molecule has 27 heavy (non-hydrogen) atoms. The number of fused-ring (bicyclic) bond motifs is 2. The van der Waals surface area contributed by atoms with Crippen LogP contribution in [0.2, 0.25) is 0 Å². The molecule has 3 rings (SSSR count). The number of rotatable bonds is 8. The van der Waals surface area contributed by atoms with Gasteiger partial charge >= 0.3 is 5.69 Å². The number of hydrogen-bond acceptors (Lipinski definition) is 5. The molecule has 150 valence electrons. The highest BCUT2D eigenvalue weighted by Crippen LogP contribution is 2.42. The van der Waals surface area contributed by atoms with E-state index in [4.69, 9.17) is 9.47 Å². The Bertz CT molecular complexity index is 678. The third-order valence-corrected chi connectivity index (χ3v) is 5.76. The summed E-state index contributed by atoms with van der Waals surface area (Å²) >= 11 is 0. The molecule has 1 heterocycles. The van der Waals surface area contributed by atoms with Gasteiger partial charge in [0.15, 0.2) is 6.61 Å². The monoisotopic (exact) mass is 377 g/mol. The molecule has 2 fully saturated rings. The van der Waals surface area contributed by atoms with Crippen molar-refractivity contribution in [3.05, 3.63) is 16.6 Å². The van der Waals surface area contributed by atoms with E-state index in [1.165, 1.54) is 44.6 Å². The van der Waals surface area contributed by atoms with Gasteiger partial charge in [-0.2, -0.15) is 4.98 Å². The van der Waals surface area contributed by atoms with E-state index in [2.05, 4.69) is 15.3 Å². The maximum absolute atomic E-state index is 12.1. The average molecular weight is 377 g/mol.